The van der Waals surface area contributed by atoms with Crippen LogP contribution in [0.4, 0.5) is 0 Å². The fourth-order valence-corrected chi connectivity index (χ4v) is 2.43. The number of likely N-dealkylation sites (N-methyl/N-ethyl adjacent to an activating group) is 1. The maximum Gasteiger partial charge on any atom is 0.324 e. The largest absolute Gasteiger partial charge is 0.465 e. The molecule has 0 aliphatic carbocycles. The van der Waals surface area contributed by atoms with Gasteiger partial charge in [0.2, 0.25) is 0 Å². The number of hydrogen-bond acceptors (Lipinski definition) is 4. The minimum atomic E-state index is -0.154. The first-order valence-electron chi connectivity index (χ1n) is 6.84. The molecule has 1 saturated heterocycles. The highest BCUT2D eigenvalue weighted by atomic mass is 16.5. The number of esters is 1. The van der Waals surface area contributed by atoms with Crippen LogP contribution in [0.1, 0.15) is 12.5 Å². The zero-order valence-electron chi connectivity index (χ0n) is 11.7. The van der Waals surface area contributed by atoms with Crippen LogP contribution in [0, 0.1) is 0 Å². The molecular formula is C15H22N2O2. The second-order valence-corrected chi connectivity index (χ2v) is 4.99. The van der Waals surface area contributed by atoms with Gasteiger partial charge >= 0.3 is 5.97 Å². The lowest BCUT2D eigenvalue weighted by Gasteiger charge is -2.38. The molecule has 4 heteroatoms. The van der Waals surface area contributed by atoms with Crippen molar-refractivity contribution in [1.82, 2.24) is 9.80 Å². The molecule has 4 nitrogen and oxygen atoms in total. The van der Waals surface area contributed by atoms with E-state index in [2.05, 4.69) is 21.9 Å². The molecule has 0 saturated carbocycles. The summed E-state index contributed by atoms with van der Waals surface area (Å²) < 4.78 is 5.19. The van der Waals surface area contributed by atoms with E-state index < -0.39 is 0 Å². The molecular weight excluding hydrogens is 240 g/mol. The Morgan fingerprint density at radius 3 is 2.74 bits per heavy atom. The molecule has 0 N–H and O–H groups in total. The lowest BCUT2D eigenvalue weighted by atomic mass is 10.1. The van der Waals surface area contributed by atoms with Gasteiger partial charge in [0, 0.05) is 26.2 Å². The number of ether oxygens (including phenoxy) is 1. The summed E-state index contributed by atoms with van der Waals surface area (Å²) >= 11 is 0. The SMILES string of the molecule is CCOC(=O)[C@@H]1CN(C)CCN1Cc1ccccc1. The Bertz CT molecular complexity index is 408. The predicted molar refractivity (Wildman–Crippen MR) is 74.8 cm³/mol. The maximum absolute atomic E-state index is 12.1. The maximum atomic E-state index is 12.1. The van der Waals surface area contributed by atoms with E-state index in [1.165, 1.54) is 5.56 Å². The predicted octanol–water partition coefficient (Wildman–Crippen LogP) is 1.37. The van der Waals surface area contributed by atoms with Crippen molar-refractivity contribution >= 4 is 5.97 Å². The number of piperazine rings is 1. The third kappa shape index (κ3) is 3.78. The molecule has 1 aromatic carbocycles. The fourth-order valence-electron chi connectivity index (χ4n) is 2.43. The molecule has 1 aliphatic rings. The topological polar surface area (TPSA) is 32.8 Å². The lowest BCUT2D eigenvalue weighted by molar-refractivity contribution is -0.152. The zero-order valence-corrected chi connectivity index (χ0v) is 11.7. The Morgan fingerprint density at radius 2 is 2.05 bits per heavy atom. The Labute approximate surface area is 115 Å². The van der Waals surface area contributed by atoms with Crippen molar-refractivity contribution in [3.63, 3.8) is 0 Å². The molecule has 0 bridgehead atoms. The fraction of sp³-hybridized carbons (Fsp3) is 0.533. The van der Waals surface area contributed by atoms with Crippen molar-refractivity contribution in [2.75, 3.05) is 33.3 Å². The molecule has 1 fully saturated rings. The van der Waals surface area contributed by atoms with Gasteiger partial charge < -0.3 is 9.64 Å². The highest BCUT2D eigenvalue weighted by Gasteiger charge is 2.31. The average Bonchev–Trinajstić information content (AvgIpc) is 2.42. The van der Waals surface area contributed by atoms with Crippen molar-refractivity contribution in [2.45, 2.75) is 19.5 Å². The van der Waals surface area contributed by atoms with Gasteiger partial charge in [-0.3, -0.25) is 9.69 Å². The number of benzene rings is 1. The zero-order chi connectivity index (χ0) is 13.7. The number of hydrogen-bond donors (Lipinski definition) is 0. The Balaban J connectivity index is 2.05. The molecule has 1 heterocycles. The van der Waals surface area contributed by atoms with E-state index in [-0.39, 0.29) is 12.0 Å². The van der Waals surface area contributed by atoms with Crippen LogP contribution < -0.4 is 0 Å². The lowest BCUT2D eigenvalue weighted by Crippen LogP contribution is -2.55. The van der Waals surface area contributed by atoms with Crippen LogP contribution in [0.15, 0.2) is 30.3 Å². The Morgan fingerprint density at radius 1 is 1.32 bits per heavy atom. The molecule has 0 aromatic heterocycles. The molecule has 19 heavy (non-hydrogen) atoms. The third-order valence-electron chi connectivity index (χ3n) is 3.48. The van der Waals surface area contributed by atoms with E-state index in [4.69, 9.17) is 4.74 Å². The molecule has 1 atom stereocenters. The van der Waals surface area contributed by atoms with Gasteiger partial charge in [0.1, 0.15) is 6.04 Å². The number of carbonyl (C=O) groups excluding carboxylic acids is 1. The number of carbonyl (C=O) groups is 1. The summed E-state index contributed by atoms with van der Waals surface area (Å²) in [6.07, 6.45) is 0. The van der Waals surface area contributed by atoms with Crippen molar-refractivity contribution in [3.05, 3.63) is 35.9 Å². The van der Waals surface area contributed by atoms with Crippen LogP contribution in [0.5, 0.6) is 0 Å². The van der Waals surface area contributed by atoms with Gasteiger partial charge in [-0.05, 0) is 19.5 Å². The van der Waals surface area contributed by atoms with E-state index in [0.717, 1.165) is 26.2 Å². The van der Waals surface area contributed by atoms with Gasteiger partial charge in [0.05, 0.1) is 6.61 Å². The summed E-state index contributed by atoms with van der Waals surface area (Å²) in [6, 6.07) is 10.1. The first kappa shape index (κ1) is 14.0. The van der Waals surface area contributed by atoms with Crippen molar-refractivity contribution in [2.24, 2.45) is 0 Å². The highest BCUT2D eigenvalue weighted by Crippen LogP contribution is 2.14. The standard InChI is InChI=1S/C15H22N2O2/c1-3-19-15(18)14-12-16(2)9-10-17(14)11-13-7-5-4-6-8-13/h4-8,14H,3,9-12H2,1-2H3/t14-/m0/s1. The summed E-state index contributed by atoms with van der Waals surface area (Å²) in [4.78, 5) is 16.5. The summed E-state index contributed by atoms with van der Waals surface area (Å²) in [5.41, 5.74) is 1.24. The quantitative estimate of drug-likeness (QED) is 0.767. The molecule has 1 aromatic rings. The van der Waals surface area contributed by atoms with Gasteiger partial charge in [-0.25, -0.2) is 0 Å². The summed E-state index contributed by atoms with van der Waals surface area (Å²) in [5, 5.41) is 0. The molecule has 0 radical (unpaired) electrons. The van der Waals surface area contributed by atoms with E-state index >= 15 is 0 Å². The molecule has 1 aliphatic heterocycles. The van der Waals surface area contributed by atoms with E-state index in [1.807, 2.05) is 32.2 Å². The van der Waals surface area contributed by atoms with Crippen molar-refractivity contribution in [3.8, 4) is 0 Å². The monoisotopic (exact) mass is 262 g/mol. The van der Waals surface area contributed by atoms with Crippen LogP contribution in [-0.4, -0.2) is 55.1 Å². The first-order valence-corrected chi connectivity index (χ1v) is 6.84. The molecule has 0 unspecified atom stereocenters. The summed E-state index contributed by atoms with van der Waals surface area (Å²) in [5.74, 6) is -0.106. The minimum Gasteiger partial charge on any atom is -0.465 e. The Kier molecular flexibility index (Phi) is 4.93. The van der Waals surface area contributed by atoms with Crippen LogP contribution in [0.2, 0.25) is 0 Å². The number of rotatable bonds is 4. The van der Waals surface area contributed by atoms with Gasteiger partial charge in [-0.1, -0.05) is 30.3 Å². The molecule has 0 amide bonds. The highest BCUT2D eigenvalue weighted by molar-refractivity contribution is 5.76. The molecule has 104 valence electrons. The average molecular weight is 262 g/mol. The van der Waals surface area contributed by atoms with Crippen molar-refractivity contribution in [1.29, 1.82) is 0 Å². The normalized spacial score (nSPS) is 21.3. The third-order valence-corrected chi connectivity index (χ3v) is 3.48. The summed E-state index contributed by atoms with van der Waals surface area (Å²) in [7, 11) is 2.05. The van der Waals surface area contributed by atoms with Crippen LogP contribution >= 0.6 is 0 Å². The smallest absolute Gasteiger partial charge is 0.324 e. The Hall–Kier alpha value is -1.39. The minimum absolute atomic E-state index is 0.106. The van der Waals surface area contributed by atoms with Gasteiger partial charge in [-0.2, -0.15) is 0 Å². The van der Waals surface area contributed by atoms with Crippen LogP contribution in [-0.2, 0) is 16.1 Å². The van der Waals surface area contributed by atoms with Gasteiger partial charge in [-0.15, -0.1) is 0 Å². The second kappa shape index (κ2) is 6.68. The number of nitrogens with zero attached hydrogens (tertiary/aromatic N) is 2. The van der Waals surface area contributed by atoms with E-state index in [1.54, 1.807) is 0 Å². The molecule has 2 rings (SSSR count). The van der Waals surface area contributed by atoms with Gasteiger partial charge in [0.25, 0.3) is 0 Å². The van der Waals surface area contributed by atoms with Crippen LogP contribution in [0.3, 0.4) is 0 Å². The van der Waals surface area contributed by atoms with E-state index in [9.17, 15) is 4.79 Å². The second-order valence-electron chi connectivity index (χ2n) is 4.99. The summed E-state index contributed by atoms with van der Waals surface area (Å²) in [6.45, 7) is 5.73. The molecule has 0 spiro atoms. The first-order chi connectivity index (χ1) is 9.20. The van der Waals surface area contributed by atoms with Crippen LogP contribution in [0.25, 0.3) is 0 Å². The van der Waals surface area contributed by atoms with Gasteiger partial charge in [0.15, 0.2) is 0 Å². The van der Waals surface area contributed by atoms with Crippen molar-refractivity contribution < 1.29 is 9.53 Å². The van der Waals surface area contributed by atoms with E-state index in [0.29, 0.717) is 6.61 Å².